The molecule has 2 aliphatic heterocycles. The summed E-state index contributed by atoms with van der Waals surface area (Å²) in [5, 5.41) is 4.28. The maximum atomic E-state index is 14.1. The SMILES string of the molecule is CCC1(OC(=O)CCNC(=O)OC(C)(C)C)C(=O)OCc2c1cc1n(c2=O)Cc2c-1nc1ccc(OC(C)=O)cc1c2[Si](C)(C)CCl. The maximum absolute atomic E-state index is 14.1. The Hall–Kier alpha value is -4.23. The van der Waals surface area contributed by atoms with Crippen molar-refractivity contribution in [3.63, 3.8) is 0 Å². The highest BCUT2D eigenvalue weighted by Crippen LogP contribution is 2.41. The molecule has 0 radical (unpaired) electrons. The number of amides is 1. The normalized spacial score (nSPS) is 16.9. The molecule has 1 atom stereocenters. The Morgan fingerprint density at radius 2 is 1.87 bits per heavy atom. The largest absolute Gasteiger partial charge is 0.457 e. The highest BCUT2D eigenvalue weighted by atomic mass is 35.5. The summed E-state index contributed by atoms with van der Waals surface area (Å²) < 4.78 is 23.4. The van der Waals surface area contributed by atoms with Gasteiger partial charge in [0.15, 0.2) is 0 Å². The smallest absolute Gasteiger partial charge is 0.407 e. The van der Waals surface area contributed by atoms with Gasteiger partial charge in [-0.05, 0) is 62.2 Å². The van der Waals surface area contributed by atoms with Crippen molar-refractivity contribution < 1.29 is 38.1 Å². The zero-order chi connectivity index (χ0) is 34.5. The first-order valence-corrected chi connectivity index (χ1v) is 19.1. The van der Waals surface area contributed by atoms with Gasteiger partial charge < -0.3 is 28.8 Å². The van der Waals surface area contributed by atoms with Gasteiger partial charge in [-0.25, -0.2) is 14.6 Å². The summed E-state index contributed by atoms with van der Waals surface area (Å²) in [7, 11) is -2.35. The van der Waals surface area contributed by atoms with Crippen molar-refractivity contribution in [1.29, 1.82) is 0 Å². The molecule has 0 bridgehead atoms. The van der Waals surface area contributed by atoms with E-state index >= 15 is 0 Å². The third kappa shape index (κ3) is 6.38. The van der Waals surface area contributed by atoms with Gasteiger partial charge in [-0.15, -0.1) is 11.6 Å². The van der Waals surface area contributed by atoms with Crippen molar-refractivity contribution in [1.82, 2.24) is 14.9 Å². The number of fused-ring (bicyclic) bond motifs is 5. The molecule has 1 unspecified atom stereocenters. The van der Waals surface area contributed by atoms with E-state index in [2.05, 4.69) is 18.4 Å². The van der Waals surface area contributed by atoms with Crippen LogP contribution in [0.5, 0.6) is 5.75 Å². The minimum Gasteiger partial charge on any atom is -0.457 e. The maximum Gasteiger partial charge on any atom is 0.407 e. The van der Waals surface area contributed by atoms with Crippen LogP contribution >= 0.6 is 11.6 Å². The molecule has 4 heterocycles. The van der Waals surface area contributed by atoms with Crippen LogP contribution in [0, 0.1) is 0 Å². The number of nitrogens with zero attached hydrogens (tertiary/aromatic N) is 2. The summed E-state index contributed by atoms with van der Waals surface area (Å²) in [5.41, 5.74) is 0.365. The number of halogens is 1. The number of nitrogens with one attached hydrogen (secondary N) is 1. The number of carbonyl (C=O) groups excluding carboxylic acids is 4. The number of rotatable bonds is 8. The van der Waals surface area contributed by atoms with Gasteiger partial charge in [-0.3, -0.25) is 14.4 Å². The first-order chi connectivity index (χ1) is 22.0. The Kier molecular flexibility index (Phi) is 9.01. The highest BCUT2D eigenvalue weighted by molar-refractivity contribution is 6.95. The molecule has 12 nitrogen and oxygen atoms in total. The molecule has 0 spiro atoms. The molecule has 14 heteroatoms. The van der Waals surface area contributed by atoms with Crippen LogP contribution in [0.4, 0.5) is 4.79 Å². The topological polar surface area (TPSA) is 152 Å². The van der Waals surface area contributed by atoms with Crippen LogP contribution in [0.15, 0.2) is 29.1 Å². The lowest BCUT2D eigenvalue weighted by Gasteiger charge is -2.35. The lowest BCUT2D eigenvalue weighted by Crippen LogP contribution is -2.48. The minimum absolute atomic E-state index is 0.00132. The van der Waals surface area contributed by atoms with Crippen LogP contribution in [0.1, 0.15) is 64.2 Å². The van der Waals surface area contributed by atoms with E-state index in [0.29, 0.717) is 28.2 Å². The highest BCUT2D eigenvalue weighted by Gasteiger charge is 2.50. The summed E-state index contributed by atoms with van der Waals surface area (Å²) in [5.74, 6) is -1.63. The molecule has 3 aromatic rings. The Balaban J connectivity index is 1.58. The molecular formula is C33H38ClN3O9Si. The van der Waals surface area contributed by atoms with Crippen molar-refractivity contribution in [3.8, 4) is 17.1 Å². The Bertz CT molecular complexity index is 1880. The van der Waals surface area contributed by atoms with E-state index in [1.165, 1.54) is 6.92 Å². The molecule has 250 valence electrons. The van der Waals surface area contributed by atoms with Gasteiger partial charge in [0.2, 0.25) is 5.60 Å². The molecule has 0 saturated heterocycles. The summed E-state index contributed by atoms with van der Waals surface area (Å²) in [6.45, 7) is 12.2. The predicted molar refractivity (Wildman–Crippen MR) is 176 cm³/mol. The van der Waals surface area contributed by atoms with Gasteiger partial charge in [0, 0.05) is 29.9 Å². The van der Waals surface area contributed by atoms with Crippen LogP contribution in [-0.2, 0) is 47.3 Å². The van der Waals surface area contributed by atoms with Crippen molar-refractivity contribution in [2.45, 2.75) is 84.9 Å². The summed E-state index contributed by atoms with van der Waals surface area (Å²) in [6.07, 6.45) is -0.940. The average Bonchev–Trinajstić information content (AvgIpc) is 3.34. The number of cyclic esters (lactones) is 1. The number of hydrogen-bond donors (Lipinski definition) is 1. The van der Waals surface area contributed by atoms with Gasteiger partial charge in [-0.2, -0.15) is 0 Å². The minimum atomic E-state index is -2.35. The molecule has 1 amide bonds. The van der Waals surface area contributed by atoms with E-state index in [1.807, 2.05) is 0 Å². The molecule has 47 heavy (non-hydrogen) atoms. The van der Waals surface area contributed by atoms with E-state index in [0.717, 1.165) is 16.1 Å². The van der Waals surface area contributed by atoms with Crippen LogP contribution in [0.25, 0.3) is 22.3 Å². The molecule has 2 aliphatic rings. The van der Waals surface area contributed by atoms with Crippen LogP contribution in [-0.4, -0.2) is 59.3 Å². The first-order valence-electron chi connectivity index (χ1n) is 15.4. The fourth-order valence-corrected chi connectivity index (χ4v) is 8.59. The lowest BCUT2D eigenvalue weighted by molar-refractivity contribution is -0.189. The van der Waals surface area contributed by atoms with Gasteiger partial charge in [0.1, 0.15) is 18.0 Å². The molecule has 0 fully saturated rings. The lowest BCUT2D eigenvalue weighted by atomic mass is 9.85. The zero-order valence-corrected chi connectivity index (χ0v) is 29.3. The number of carbonyl (C=O) groups is 4. The molecule has 0 saturated carbocycles. The third-order valence-electron chi connectivity index (χ3n) is 8.18. The molecular weight excluding hydrogens is 646 g/mol. The van der Waals surface area contributed by atoms with Gasteiger partial charge >= 0.3 is 24.0 Å². The van der Waals surface area contributed by atoms with Crippen molar-refractivity contribution in [2.24, 2.45) is 0 Å². The Labute approximate surface area is 277 Å². The van der Waals surface area contributed by atoms with Crippen LogP contribution < -0.4 is 20.8 Å². The quantitative estimate of drug-likeness (QED) is 0.0942. The molecule has 0 aliphatic carbocycles. The fraction of sp³-hybridized carbons (Fsp3) is 0.455. The molecule has 1 aromatic carbocycles. The third-order valence-corrected chi connectivity index (χ3v) is 12.8. The van der Waals surface area contributed by atoms with E-state index in [-0.39, 0.29) is 49.2 Å². The predicted octanol–water partition coefficient (Wildman–Crippen LogP) is 4.16. The number of hydrogen-bond acceptors (Lipinski definition) is 10. The zero-order valence-electron chi connectivity index (χ0n) is 27.5. The van der Waals surface area contributed by atoms with Crippen molar-refractivity contribution in [2.75, 3.05) is 12.0 Å². The molecule has 5 rings (SSSR count). The summed E-state index contributed by atoms with van der Waals surface area (Å²) >= 11 is 6.56. The van der Waals surface area contributed by atoms with Gasteiger partial charge in [0.25, 0.3) is 5.56 Å². The molecule has 1 N–H and O–H groups in total. The number of aromatic nitrogens is 2. The van der Waals surface area contributed by atoms with Crippen LogP contribution in [0.3, 0.4) is 0 Å². The average molecular weight is 684 g/mol. The molecule has 2 aromatic heterocycles. The first kappa shape index (κ1) is 34.1. The Morgan fingerprint density at radius 3 is 2.51 bits per heavy atom. The monoisotopic (exact) mass is 683 g/mol. The number of esters is 3. The second-order valence-electron chi connectivity index (χ2n) is 13.3. The number of pyridine rings is 2. The number of alkyl halides is 1. The summed E-state index contributed by atoms with van der Waals surface area (Å²) in [4.78, 5) is 69.3. The van der Waals surface area contributed by atoms with Crippen LogP contribution in [0.2, 0.25) is 13.1 Å². The standard InChI is InChI=1S/C33H38ClN3O9Si/c1-8-33(45-26(39)11-12-35-31(42)46-32(3,4)5)23-14-25-27-21(15-37(25)29(40)22(23)16-43-30(33)41)28(47(6,7)17-34)20-13-19(44-18(2)38)9-10-24(20)36-27/h9-10,13-14H,8,11-12,15-17H2,1-7H3,(H,35,42). The number of alkyl carbamates (subject to hydrolysis) is 1. The number of benzene rings is 1. The van der Waals surface area contributed by atoms with Gasteiger partial charge in [-0.1, -0.05) is 20.0 Å². The van der Waals surface area contributed by atoms with E-state index in [1.54, 1.807) is 56.5 Å². The van der Waals surface area contributed by atoms with E-state index < -0.39 is 43.3 Å². The van der Waals surface area contributed by atoms with E-state index in [9.17, 15) is 24.0 Å². The Morgan fingerprint density at radius 1 is 1.15 bits per heavy atom. The van der Waals surface area contributed by atoms with Gasteiger partial charge in [0.05, 0.1) is 43.5 Å². The number of ether oxygens (including phenoxy) is 4. The van der Waals surface area contributed by atoms with E-state index in [4.69, 9.17) is 35.5 Å². The second kappa shape index (κ2) is 12.4. The fourth-order valence-electron chi connectivity index (χ4n) is 6.11. The van der Waals surface area contributed by atoms with Crippen molar-refractivity contribution >= 4 is 59.8 Å². The van der Waals surface area contributed by atoms with Crippen molar-refractivity contribution in [3.05, 3.63) is 51.3 Å². The second-order valence-corrected chi connectivity index (χ2v) is 18.7. The summed E-state index contributed by atoms with van der Waals surface area (Å²) in [6, 6.07) is 6.90.